The van der Waals surface area contributed by atoms with Crippen molar-refractivity contribution in [3.05, 3.63) is 29.6 Å². The van der Waals surface area contributed by atoms with Crippen molar-refractivity contribution in [3.8, 4) is 10.6 Å². The van der Waals surface area contributed by atoms with Crippen LogP contribution in [0.3, 0.4) is 0 Å². The van der Waals surface area contributed by atoms with Crippen molar-refractivity contribution in [2.75, 3.05) is 0 Å². The molecular weight excluding hydrogens is 260 g/mol. The van der Waals surface area contributed by atoms with Gasteiger partial charge < -0.3 is 15.3 Å². The lowest BCUT2D eigenvalue weighted by molar-refractivity contribution is 0.114. The quantitative estimate of drug-likeness (QED) is 0.899. The number of oxazole rings is 1. The minimum Gasteiger partial charge on any atom is -0.437 e. The Morgan fingerprint density at radius 1 is 1.59 bits per heavy atom. The minimum atomic E-state index is -0.835. The third-order valence-corrected chi connectivity index (χ3v) is 3.30. The van der Waals surface area contributed by atoms with E-state index in [9.17, 15) is 5.11 Å². The monoisotopic (exact) mass is 274 g/mol. The molecule has 3 N–H and O–H groups in total. The van der Waals surface area contributed by atoms with E-state index < -0.39 is 6.10 Å². The Kier molecular flexibility index (Phi) is 5.14. The molecule has 6 heteroatoms. The van der Waals surface area contributed by atoms with Crippen LogP contribution in [0, 0.1) is 0 Å². The summed E-state index contributed by atoms with van der Waals surface area (Å²) in [5.41, 5.74) is 5.73. The van der Waals surface area contributed by atoms with Gasteiger partial charge in [0, 0.05) is 6.04 Å². The Balaban J connectivity index is 0.00000144. The molecule has 0 fully saturated rings. The SMILES string of the molecule is CCC(N)[C@H](O)c1ncc(-c2cccs2)o1.Cl. The van der Waals surface area contributed by atoms with E-state index in [2.05, 4.69) is 4.98 Å². The van der Waals surface area contributed by atoms with Crippen LogP contribution in [-0.4, -0.2) is 16.1 Å². The normalized spacial score (nSPS) is 14.1. The largest absolute Gasteiger partial charge is 0.437 e. The Bertz CT molecular complexity index is 444. The van der Waals surface area contributed by atoms with Crippen LogP contribution in [0.1, 0.15) is 25.3 Å². The number of aliphatic hydroxyl groups excluding tert-OH is 1. The lowest BCUT2D eigenvalue weighted by Crippen LogP contribution is -2.27. The average Bonchev–Trinajstić information content (AvgIpc) is 2.96. The second-order valence-electron chi connectivity index (χ2n) is 3.56. The van der Waals surface area contributed by atoms with Crippen LogP contribution >= 0.6 is 23.7 Å². The van der Waals surface area contributed by atoms with Gasteiger partial charge >= 0.3 is 0 Å². The van der Waals surface area contributed by atoms with E-state index in [0.29, 0.717) is 12.2 Å². The van der Waals surface area contributed by atoms with E-state index in [-0.39, 0.29) is 24.3 Å². The number of thiophene rings is 1. The van der Waals surface area contributed by atoms with E-state index in [1.807, 2.05) is 24.4 Å². The number of aromatic nitrogens is 1. The van der Waals surface area contributed by atoms with Gasteiger partial charge in [0.2, 0.25) is 5.89 Å². The molecule has 0 amide bonds. The number of hydrogen-bond donors (Lipinski definition) is 2. The Labute approximate surface area is 110 Å². The maximum Gasteiger partial charge on any atom is 0.225 e. The summed E-state index contributed by atoms with van der Waals surface area (Å²) in [7, 11) is 0. The maximum atomic E-state index is 9.82. The van der Waals surface area contributed by atoms with Gasteiger partial charge in [-0.1, -0.05) is 13.0 Å². The van der Waals surface area contributed by atoms with Crippen molar-refractivity contribution in [2.45, 2.75) is 25.5 Å². The molecule has 1 unspecified atom stereocenters. The molecule has 0 saturated heterocycles. The molecule has 0 saturated carbocycles. The van der Waals surface area contributed by atoms with E-state index in [1.165, 1.54) is 0 Å². The van der Waals surface area contributed by atoms with Gasteiger partial charge in [-0.05, 0) is 17.9 Å². The topological polar surface area (TPSA) is 72.3 Å². The van der Waals surface area contributed by atoms with Gasteiger partial charge in [0.1, 0.15) is 6.10 Å². The molecule has 94 valence electrons. The molecule has 0 aliphatic rings. The first-order chi connectivity index (χ1) is 7.72. The number of nitrogens with zero attached hydrogens (tertiary/aromatic N) is 1. The Morgan fingerprint density at radius 3 is 2.94 bits per heavy atom. The summed E-state index contributed by atoms with van der Waals surface area (Å²) in [6.07, 6.45) is 1.46. The summed E-state index contributed by atoms with van der Waals surface area (Å²) < 4.78 is 5.48. The number of rotatable bonds is 4. The summed E-state index contributed by atoms with van der Waals surface area (Å²) in [4.78, 5) is 5.05. The second kappa shape index (κ2) is 6.16. The second-order valence-corrected chi connectivity index (χ2v) is 4.50. The van der Waals surface area contributed by atoms with Crippen LogP contribution in [0.5, 0.6) is 0 Å². The smallest absolute Gasteiger partial charge is 0.225 e. The van der Waals surface area contributed by atoms with Gasteiger partial charge in [-0.15, -0.1) is 23.7 Å². The maximum absolute atomic E-state index is 9.82. The van der Waals surface area contributed by atoms with E-state index >= 15 is 0 Å². The highest BCUT2D eigenvalue weighted by molar-refractivity contribution is 7.13. The zero-order valence-corrected chi connectivity index (χ0v) is 11.0. The van der Waals surface area contributed by atoms with Crippen molar-refractivity contribution < 1.29 is 9.52 Å². The molecule has 0 aliphatic carbocycles. The van der Waals surface area contributed by atoms with Crippen molar-refractivity contribution in [3.63, 3.8) is 0 Å². The van der Waals surface area contributed by atoms with Crippen LogP contribution in [0.25, 0.3) is 10.6 Å². The van der Waals surface area contributed by atoms with Crippen LogP contribution in [-0.2, 0) is 0 Å². The summed E-state index contributed by atoms with van der Waals surface area (Å²) in [6.45, 7) is 1.91. The van der Waals surface area contributed by atoms with Gasteiger partial charge in [0.05, 0.1) is 11.1 Å². The van der Waals surface area contributed by atoms with Gasteiger partial charge in [0.15, 0.2) is 5.76 Å². The van der Waals surface area contributed by atoms with Crippen LogP contribution in [0.15, 0.2) is 28.1 Å². The van der Waals surface area contributed by atoms with E-state index in [1.54, 1.807) is 17.5 Å². The van der Waals surface area contributed by atoms with Crippen molar-refractivity contribution in [1.29, 1.82) is 0 Å². The van der Waals surface area contributed by atoms with Crippen molar-refractivity contribution >= 4 is 23.7 Å². The summed E-state index contributed by atoms with van der Waals surface area (Å²) >= 11 is 1.57. The first kappa shape index (κ1) is 14.2. The summed E-state index contributed by atoms with van der Waals surface area (Å²) in [6, 6.07) is 3.55. The molecule has 4 nitrogen and oxygen atoms in total. The minimum absolute atomic E-state index is 0. The molecule has 2 heterocycles. The van der Waals surface area contributed by atoms with E-state index in [4.69, 9.17) is 10.2 Å². The lowest BCUT2D eigenvalue weighted by Gasteiger charge is -2.12. The standard InChI is InChI=1S/C11H14N2O2S.ClH/c1-2-7(12)10(14)11-13-6-8(15-11)9-4-3-5-16-9;/h3-7,10,14H,2,12H2,1H3;1H/t7?,10-;/m0./s1. The van der Waals surface area contributed by atoms with Gasteiger partial charge in [-0.2, -0.15) is 0 Å². The van der Waals surface area contributed by atoms with Gasteiger partial charge in [0.25, 0.3) is 0 Å². The van der Waals surface area contributed by atoms with Crippen LogP contribution in [0.2, 0.25) is 0 Å². The lowest BCUT2D eigenvalue weighted by atomic mass is 10.1. The Morgan fingerprint density at radius 2 is 2.35 bits per heavy atom. The molecular formula is C11H15ClN2O2S. The predicted octanol–water partition coefficient (Wildman–Crippen LogP) is 2.60. The van der Waals surface area contributed by atoms with Gasteiger partial charge in [-0.3, -0.25) is 0 Å². The first-order valence-electron chi connectivity index (χ1n) is 5.15. The molecule has 17 heavy (non-hydrogen) atoms. The third-order valence-electron chi connectivity index (χ3n) is 2.42. The number of hydrogen-bond acceptors (Lipinski definition) is 5. The molecule has 0 spiro atoms. The molecule has 2 aromatic rings. The number of aliphatic hydroxyl groups is 1. The fraction of sp³-hybridized carbons (Fsp3) is 0.364. The zero-order valence-electron chi connectivity index (χ0n) is 9.37. The highest BCUT2D eigenvalue weighted by atomic mass is 35.5. The van der Waals surface area contributed by atoms with Crippen LogP contribution in [0.4, 0.5) is 0 Å². The average molecular weight is 275 g/mol. The van der Waals surface area contributed by atoms with Gasteiger partial charge in [-0.25, -0.2) is 4.98 Å². The predicted molar refractivity (Wildman–Crippen MR) is 70.3 cm³/mol. The number of halogens is 1. The number of nitrogens with two attached hydrogens (primary N) is 1. The van der Waals surface area contributed by atoms with Crippen molar-refractivity contribution in [1.82, 2.24) is 4.98 Å². The fourth-order valence-electron chi connectivity index (χ4n) is 1.36. The van der Waals surface area contributed by atoms with E-state index in [0.717, 1.165) is 4.88 Å². The molecule has 0 aliphatic heterocycles. The molecule has 0 bridgehead atoms. The first-order valence-corrected chi connectivity index (χ1v) is 6.03. The zero-order chi connectivity index (χ0) is 11.5. The highest BCUT2D eigenvalue weighted by Gasteiger charge is 2.20. The fourth-order valence-corrected chi connectivity index (χ4v) is 2.03. The van der Waals surface area contributed by atoms with Crippen molar-refractivity contribution in [2.24, 2.45) is 5.73 Å². The summed E-state index contributed by atoms with van der Waals surface area (Å²) in [5.74, 6) is 0.963. The third kappa shape index (κ3) is 3.07. The van der Waals surface area contributed by atoms with Crippen LogP contribution < -0.4 is 5.73 Å². The Hall–Kier alpha value is -0.880. The molecule has 0 aromatic carbocycles. The molecule has 0 radical (unpaired) electrons. The summed E-state index contributed by atoms with van der Waals surface area (Å²) in [5, 5.41) is 11.8. The molecule has 2 atom stereocenters. The molecule has 2 rings (SSSR count). The molecule has 2 aromatic heterocycles. The highest BCUT2D eigenvalue weighted by Crippen LogP contribution is 2.27.